The zero-order valence-corrected chi connectivity index (χ0v) is 14.6. The lowest BCUT2D eigenvalue weighted by molar-refractivity contribution is -0.374. The number of hydrogen-bond donors (Lipinski definition) is 1. The Bertz CT molecular complexity index is 398. The summed E-state index contributed by atoms with van der Waals surface area (Å²) in [4.78, 5) is 24.4. The molecule has 0 bridgehead atoms. The van der Waals surface area contributed by atoms with E-state index in [0.717, 1.165) is 0 Å². The van der Waals surface area contributed by atoms with Crippen LogP contribution in [0.15, 0.2) is 0 Å². The van der Waals surface area contributed by atoms with E-state index in [9.17, 15) is 9.59 Å². The molecule has 0 aliphatic heterocycles. The van der Waals surface area contributed by atoms with Gasteiger partial charge in [-0.25, -0.2) is 0 Å². The van der Waals surface area contributed by atoms with E-state index in [1.807, 2.05) is 0 Å². The van der Waals surface area contributed by atoms with E-state index in [2.05, 4.69) is 0 Å². The maximum atomic E-state index is 12.3. The monoisotopic (exact) mass is 333 g/mol. The number of carbonyl (C=O) groups excluding carboxylic acids is 2. The van der Waals surface area contributed by atoms with Gasteiger partial charge in [0.15, 0.2) is 5.90 Å². The maximum absolute atomic E-state index is 12.3. The molecule has 0 saturated carbocycles. The van der Waals surface area contributed by atoms with E-state index in [-0.39, 0.29) is 25.3 Å². The lowest BCUT2D eigenvalue weighted by Gasteiger charge is -2.34. The average Bonchev–Trinajstić information content (AvgIpc) is 2.53. The van der Waals surface area contributed by atoms with Gasteiger partial charge < -0.3 is 23.7 Å². The Morgan fingerprint density at radius 2 is 1.48 bits per heavy atom. The van der Waals surface area contributed by atoms with Crippen LogP contribution in [0, 0.1) is 17.2 Å². The summed E-state index contributed by atoms with van der Waals surface area (Å²) in [5.74, 6) is -5.44. The molecule has 2 unspecified atom stereocenters. The first-order valence-electron chi connectivity index (χ1n) is 7.49. The highest BCUT2D eigenvalue weighted by Crippen LogP contribution is 2.28. The van der Waals surface area contributed by atoms with Gasteiger partial charge in [-0.05, 0) is 19.8 Å². The second kappa shape index (κ2) is 10.3. The van der Waals surface area contributed by atoms with E-state index in [0.29, 0.717) is 0 Å². The highest BCUT2D eigenvalue weighted by atomic mass is 16.9. The highest BCUT2D eigenvalue weighted by molar-refractivity contribution is 6.00. The summed E-state index contributed by atoms with van der Waals surface area (Å²) < 4.78 is 25.3. The van der Waals surface area contributed by atoms with Gasteiger partial charge in [0.25, 0.3) is 5.97 Å². The van der Waals surface area contributed by atoms with Crippen molar-refractivity contribution in [2.75, 3.05) is 27.9 Å². The van der Waals surface area contributed by atoms with Crippen molar-refractivity contribution in [1.82, 2.24) is 0 Å². The first-order chi connectivity index (χ1) is 10.9. The van der Waals surface area contributed by atoms with E-state index >= 15 is 0 Å². The fourth-order valence-electron chi connectivity index (χ4n) is 2.19. The number of ether oxygens (including phenoxy) is 5. The molecule has 8 nitrogen and oxygen atoms in total. The quantitative estimate of drug-likeness (QED) is 0.213. The molecule has 134 valence electrons. The molecule has 8 heteroatoms. The van der Waals surface area contributed by atoms with Crippen molar-refractivity contribution in [2.45, 2.75) is 39.6 Å². The molecule has 0 aliphatic carbocycles. The van der Waals surface area contributed by atoms with Crippen LogP contribution in [0.25, 0.3) is 0 Å². The van der Waals surface area contributed by atoms with Crippen molar-refractivity contribution < 1.29 is 33.3 Å². The zero-order valence-electron chi connectivity index (χ0n) is 14.6. The van der Waals surface area contributed by atoms with Crippen molar-refractivity contribution in [3.05, 3.63) is 0 Å². The van der Waals surface area contributed by atoms with Crippen molar-refractivity contribution >= 4 is 17.8 Å². The molecular weight excluding hydrogens is 306 g/mol. The summed E-state index contributed by atoms with van der Waals surface area (Å²) in [5, 5.41) is 7.70. The second-order valence-electron chi connectivity index (χ2n) is 4.67. The van der Waals surface area contributed by atoms with E-state index < -0.39 is 29.7 Å². The predicted octanol–water partition coefficient (Wildman–Crippen LogP) is 1.72. The normalized spacial score (nSPS) is 14.0. The molecule has 0 radical (unpaired) electrons. The molecular formula is C15H27NO7. The lowest BCUT2D eigenvalue weighted by Crippen LogP contribution is -2.48. The van der Waals surface area contributed by atoms with Crippen LogP contribution < -0.4 is 0 Å². The molecule has 0 amide bonds. The minimum absolute atomic E-state index is 0.225. The van der Waals surface area contributed by atoms with Crippen molar-refractivity contribution in [3.63, 3.8) is 0 Å². The van der Waals surface area contributed by atoms with Crippen LogP contribution in [0.5, 0.6) is 0 Å². The molecule has 2 atom stereocenters. The minimum Gasteiger partial charge on any atom is -0.481 e. The lowest BCUT2D eigenvalue weighted by atomic mass is 10.0. The van der Waals surface area contributed by atoms with Gasteiger partial charge in [-0.1, -0.05) is 13.8 Å². The number of esters is 2. The zero-order chi connectivity index (χ0) is 18.0. The van der Waals surface area contributed by atoms with Crippen LogP contribution in [-0.4, -0.2) is 51.7 Å². The topological polar surface area (TPSA) is 104 Å². The average molecular weight is 333 g/mol. The van der Waals surface area contributed by atoms with E-state index in [4.69, 9.17) is 29.1 Å². The summed E-state index contributed by atoms with van der Waals surface area (Å²) >= 11 is 0. The SMILES string of the molecule is CCOC(=N)C(CC)C(=O)OC(=O)C(CC)C(OC)(OC)OC. The Hall–Kier alpha value is -1.51. The van der Waals surface area contributed by atoms with Gasteiger partial charge in [0.05, 0.1) is 6.61 Å². The van der Waals surface area contributed by atoms with Crippen molar-refractivity contribution in [1.29, 1.82) is 5.41 Å². The maximum Gasteiger partial charge on any atom is 0.325 e. The molecule has 23 heavy (non-hydrogen) atoms. The van der Waals surface area contributed by atoms with Gasteiger partial charge in [0, 0.05) is 21.3 Å². The van der Waals surface area contributed by atoms with Crippen LogP contribution in [0.4, 0.5) is 0 Å². The Morgan fingerprint density at radius 3 is 1.83 bits per heavy atom. The molecule has 0 saturated heterocycles. The first kappa shape index (κ1) is 21.5. The standard InChI is InChI=1S/C15H27NO7/c1-7-10(12(16)22-9-3)13(17)23-14(18)11(8-2)15(19-4,20-5)21-6/h10-11,16H,7-9H2,1-6H3. The molecule has 0 aliphatic rings. The molecule has 0 aromatic carbocycles. The number of rotatable bonds is 10. The van der Waals surface area contributed by atoms with Gasteiger partial charge >= 0.3 is 11.9 Å². The molecule has 0 heterocycles. The van der Waals surface area contributed by atoms with Crippen molar-refractivity contribution in [2.24, 2.45) is 11.8 Å². The van der Waals surface area contributed by atoms with Crippen LogP contribution in [0.3, 0.4) is 0 Å². The smallest absolute Gasteiger partial charge is 0.325 e. The van der Waals surface area contributed by atoms with E-state index in [1.54, 1.807) is 20.8 Å². The molecule has 0 aromatic heterocycles. The Morgan fingerprint density at radius 1 is 0.957 bits per heavy atom. The molecule has 0 rings (SSSR count). The van der Waals surface area contributed by atoms with Crippen molar-refractivity contribution in [3.8, 4) is 0 Å². The molecule has 0 fully saturated rings. The first-order valence-corrected chi connectivity index (χ1v) is 7.49. The number of methoxy groups -OCH3 is 3. The molecule has 1 N–H and O–H groups in total. The van der Waals surface area contributed by atoms with E-state index in [1.165, 1.54) is 21.3 Å². The summed E-state index contributed by atoms with van der Waals surface area (Å²) in [7, 11) is 3.97. The van der Waals surface area contributed by atoms with Gasteiger partial charge in [-0.3, -0.25) is 15.0 Å². The third-order valence-electron chi connectivity index (χ3n) is 3.48. The van der Waals surface area contributed by atoms with Crippen LogP contribution in [0.1, 0.15) is 33.6 Å². The summed E-state index contributed by atoms with van der Waals surface area (Å²) in [6.07, 6.45) is 0.549. The summed E-state index contributed by atoms with van der Waals surface area (Å²) in [6.45, 7) is 5.37. The third kappa shape index (κ3) is 5.26. The summed E-state index contributed by atoms with van der Waals surface area (Å²) in [5.41, 5.74) is 0. The Kier molecular flexibility index (Phi) is 9.62. The molecule has 0 spiro atoms. The van der Waals surface area contributed by atoms with Gasteiger partial charge in [0.1, 0.15) is 11.8 Å². The Balaban J connectivity index is 5.14. The fraction of sp³-hybridized carbons (Fsp3) is 0.800. The van der Waals surface area contributed by atoms with Crippen LogP contribution in [-0.2, 0) is 33.3 Å². The van der Waals surface area contributed by atoms with Gasteiger partial charge in [0.2, 0.25) is 0 Å². The Labute approximate surface area is 136 Å². The largest absolute Gasteiger partial charge is 0.481 e. The third-order valence-corrected chi connectivity index (χ3v) is 3.48. The van der Waals surface area contributed by atoms with Gasteiger partial charge in [-0.15, -0.1) is 0 Å². The predicted molar refractivity (Wildman–Crippen MR) is 81.8 cm³/mol. The number of carbonyl (C=O) groups is 2. The fourth-order valence-corrected chi connectivity index (χ4v) is 2.19. The highest BCUT2D eigenvalue weighted by Gasteiger charge is 2.46. The minimum atomic E-state index is -1.64. The van der Waals surface area contributed by atoms with Crippen LogP contribution in [0.2, 0.25) is 0 Å². The number of nitrogens with one attached hydrogen (secondary N) is 1. The number of hydrogen-bond acceptors (Lipinski definition) is 8. The molecule has 0 aromatic rings. The van der Waals surface area contributed by atoms with Gasteiger partial charge in [-0.2, -0.15) is 0 Å². The van der Waals surface area contributed by atoms with Crippen LogP contribution >= 0.6 is 0 Å². The summed E-state index contributed by atoms with van der Waals surface area (Å²) in [6, 6.07) is 0. The second-order valence-corrected chi connectivity index (χ2v) is 4.67.